The number of nitro groups is 1. The highest BCUT2D eigenvalue weighted by Crippen LogP contribution is 2.41. The molecule has 0 bridgehead atoms. The van der Waals surface area contributed by atoms with Crippen molar-refractivity contribution in [3.63, 3.8) is 0 Å². The van der Waals surface area contributed by atoms with E-state index in [1.165, 1.54) is 12.3 Å². The molecule has 1 aromatic carbocycles. The molecular weight excluding hydrogens is 360 g/mol. The van der Waals surface area contributed by atoms with Crippen molar-refractivity contribution >= 4 is 33.7 Å². The van der Waals surface area contributed by atoms with E-state index in [1.807, 2.05) is 32.0 Å². The van der Waals surface area contributed by atoms with Crippen LogP contribution in [0.5, 0.6) is 0 Å². The van der Waals surface area contributed by atoms with Gasteiger partial charge in [-0.05, 0) is 41.5 Å². The van der Waals surface area contributed by atoms with E-state index in [2.05, 4.69) is 9.97 Å². The molecule has 0 radical (unpaired) electrons. The van der Waals surface area contributed by atoms with Crippen LogP contribution >= 0.6 is 0 Å². The van der Waals surface area contributed by atoms with E-state index >= 15 is 0 Å². The molecule has 4 aromatic rings. The van der Waals surface area contributed by atoms with Gasteiger partial charge in [-0.2, -0.15) is 0 Å². The van der Waals surface area contributed by atoms with Crippen LogP contribution in [0.3, 0.4) is 0 Å². The molecule has 5 rings (SSSR count). The van der Waals surface area contributed by atoms with Crippen LogP contribution in [0.25, 0.3) is 32.9 Å². The first kappa shape index (κ1) is 16.4. The summed E-state index contributed by atoms with van der Waals surface area (Å²) >= 11 is 0. The van der Waals surface area contributed by atoms with E-state index in [9.17, 15) is 14.9 Å². The monoisotopic (exact) mass is 374 g/mol. The van der Waals surface area contributed by atoms with Crippen LogP contribution in [0.2, 0.25) is 0 Å². The molecule has 4 heterocycles. The van der Waals surface area contributed by atoms with Crippen LogP contribution in [-0.2, 0) is 10.3 Å². The third-order valence-electron chi connectivity index (χ3n) is 5.11. The summed E-state index contributed by atoms with van der Waals surface area (Å²) in [7, 11) is 0. The normalized spacial score (nSPS) is 15.0. The number of carbonyl (C=O) groups excluding carboxylic acids is 1. The zero-order chi connectivity index (χ0) is 19.6. The zero-order valence-corrected chi connectivity index (χ0v) is 15.0. The van der Waals surface area contributed by atoms with Crippen molar-refractivity contribution in [2.75, 3.05) is 0 Å². The minimum absolute atomic E-state index is 0.213. The van der Waals surface area contributed by atoms with Crippen molar-refractivity contribution in [1.82, 2.24) is 14.5 Å². The Hall–Kier alpha value is -3.81. The van der Waals surface area contributed by atoms with Gasteiger partial charge in [0.25, 0.3) is 0 Å². The molecule has 0 spiro atoms. The maximum absolute atomic E-state index is 12.8. The molecule has 1 aliphatic heterocycles. The molecule has 0 atom stereocenters. The lowest BCUT2D eigenvalue weighted by molar-refractivity contribution is -0.389. The Labute approximate surface area is 158 Å². The highest BCUT2D eigenvalue weighted by Gasteiger charge is 2.36. The van der Waals surface area contributed by atoms with Crippen LogP contribution in [0.4, 0.5) is 10.6 Å². The van der Waals surface area contributed by atoms with E-state index < -0.39 is 16.6 Å². The lowest BCUT2D eigenvalue weighted by Crippen LogP contribution is -2.33. The smallest absolute Gasteiger partial charge is 0.419 e. The Kier molecular flexibility index (Phi) is 3.13. The highest BCUT2D eigenvalue weighted by molar-refractivity contribution is 6.14. The molecule has 1 aliphatic rings. The van der Waals surface area contributed by atoms with Gasteiger partial charge in [-0.3, -0.25) is 4.98 Å². The Bertz CT molecular complexity index is 1310. The standard InChI is InChI=1S/C20H14N4O4/c1-20(2)15-10-21-9-14-13-5-3-11(12-4-6-17(22-8-12)24(26)27)7-16(13)23(18(14)15)19(25)28-20/h3-10H,1-2H3. The lowest BCUT2D eigenvalue weighted by Gasteiger charge is -2.30. The second kappa shape index (κ2) is 5.35. The molecule has 0 aliphatic carbocycles. The van der Waals surface area contributed by atoms with E-state index in [1.54, 1.807) is 23.0 Å². The quantitative estimate of drug-likeness (QED) is 0.381. The first-order valence-electron chi connectivity index (χ1n) is 8.63. The van der Waals surface area contributed by atoms with Crippen molar-refractivity contribution in [3.05, 3.63) is 64.6 Å². The van der Waals surface area contributed by atoms with Crippen molar-refractivity contribution < 1.29 is 14.5 Å². The van der Waals surface area contributed by atoms with Gasteiger partial charge in [-0.25, -0.2) is 9.36 Å². The SMILES string of the molecule is CC1(C)OC(=O)n2c3cc(-c4ccc([N+](=O)[O-])nc4)ccc3c3cncc1c32. The number of cyclic esters (lactones) is 1. The minimum atomic E-state index is -0.765. The molecule has 0 saturated carbocycles. The fourth-order valence-electron chi connectivity index (χ4n) is 3.75. The Morgan fingerprint density at radius 3 is 2.57 bits per heavy atom. The minimum Gasteiger partial charge on any atom is -0.438 e. The first-order chi connectivity index (χ1) is 13.4. The number of carbonyl (C=O) groups is 1. The van der Waals surface area contributed by atoms with Gasteiger partial charge in [0.2, 0.25) is 0 Å². The number of pyridine rings is 2. The number of rotatable bonds is 2. The summed E-state index contributed by atoms with van der Waals surface area (Å²) in [4.78, 5) is 31.2. The van der Waals surface area contributed by atoms with E-state index in [0.717, 1.165) is 27.4 Å². The second-order valence-corrected chi connectivity index (χ2v) is 7.19. The first-order valence-corrected chi connectivity index (χ1v) is 8.63. The third-order valence-corrected chi connectivity index (χ3v) is 5.11. The largest absolute Gasteiger partial charge is 0.438 e. The fraction of sp³-hybridized carbons (Fsp3) is 0.150. The Balaban J connectivity index is 1.78. The Morgan fingerprint density at radius 2 is 1.86 bits per heavy atom. The molecule has 3 aromatic heterocycles. The van der Waals surface area contributed by atoms with Gasteiger partial charge in [0, 0.05) is 40.4 Å². The molecular formula is C20H14N4O4. The number of aromatic nitrogens is 3. The van der Waals surface area contributed by atoms with Gasteiger partial charge in [-0.15, -0.1) is 0 Å². The average Bonchev–Trinajstić information content (AvgIpc) is 3.00. The molecule has 138 valence electrons. The van der Waals surface area contributed by atoms with Gasteiger partial charge in [0.15, 0.2) is 0 Å². The maximum atomic E-state index is 12.8. The van der Waals surface area contributed by atoms with Gasteiger partial charge >= 0.3 is 11.9 Å². The van der Waals surface area contributed by atoms with E-state index in [4.69, 9.17) is 4.74 Å². The molecule has 8 nitrogen and oxygen atoms in total. The number of fused-ring (bicyclic) bond motifs is 3. The number of benzene rings is 1. The summed E-state index contributed by atoms with van der Waals surface area (Å²) < 4.78 is 7.21. The summed E-state index contributed by atoms with van der Waals surface area (Å²) in [5.74, 6) is -0.213. The van der Waals surface area contributed by atoms with Gasteiger partial charge < -0.3 is 14.9 Å². The second-order valence-electron chi connectivity index (χ2n) is 7.19. The predicted octanol–water partition coefficient (Wildman–Crippen LogP) is 4.39. The zero-order valence-electron chi connectivity index (χ0n) is 15.0. The van der Waals surface area contributed by atoms with Crippen molar-refractivity contribution in [2.45, 2.75) is 19.4 Å². The molecule has 0 N–H and O–H groups in total. The van der Waals surface area contributed by atoms with Crippen LogP contribution < -0.4 is 0 Å². The maximum Gasteiger partial charge on any atom is 0.419 e. The number of hydrogen-bond donors (Lipinski definition) is 0. The lowest BCUT2D eigenvalue weighted by atomic mass is 9.97. The molecule has 0 fully saturated rings. The summed E-state index contributed by atoms with van der Waals surface area (Å²) in [5.41, 5.74) is 3.08. The van der Waals surface area contributed by atoms with Gasteiger partial charge in [-0.1, -0.05) is 12.1 Å². The molecule has 8 heteroatoms. The van der Waals surface area contributed by atoms with Crippen LogP contribution in [0.15, 0.2) is 48.9 Å². The summed E-state index contributed by atoms with van der Waals surface area (Å²) in [6.45, 7) is 3.69. The molecule has 0 unspecified atom stereocenters. The van der Waals surface area contributed by atoms with E-state index in [0.29, 0.717) is 11.1 Å². The van der Waals surface area contributed by atoms with Crippen molar-refractivity contribution in [3.8, 4) is 11.1 Å². The predicted molar refractivity (Wildman–Crippen MR) is 102 cm³/mol. The van der Waals surface area contributed by atoms with Gasteiger partial charge in [0.1, 0.15) is 11.8 Å². The fourth-order valence-corrected chi connectivity index (χ4v) is 3.75. The van der Waals surface area contributed by atoms with Crippen LogP contribution in [0.1, 0.15) is 19.4 Å². The molecule has 0 saturated heterocycles. The van der Waals surface area contributed by atoms with Crippen molar-refractivity contribution in [2.24, 2.45) is 0 Å². The number of ether oxygens (including phenoxy) is 1. The van der Waals surface area contributed by atoms with E-state index in [-0.39, 0.29) is 5.82 Å². The van der Waals surface area contributed by atoms with Crippen LogP contribution in [-0.4, -0.2) is 25.6 Å². The Morgan fingerprint density at radius 1 is 1.07 bits per heavy atom. The molecule has 0 amide bonds. The summed E-state index contributed by atoms with van der Waals surface area (Å²) in [6, 6.07) is 8.68. The van der Waals surface area contributed by atoms with Crippen LogP contribution in [0, 0.1) is 10.1 Å². The van der Waals surface area contributed by atoms with Crippen molar-refractivity contribution in [1.29, 1.82) is 0 Å². The number of nitrogens with zero attached hydrogens (tertiary/aromatic N) is 4. The third kappa shape index (κ3) is 2.14. The van der Waals surface area contributed by atoms with Gasteiger partial charge in [0.05, 0.1) is 11.0 Å². The topological polar surface area (TPSA) is 100 Å². The highest BCUT2D eigenvalue weighted by atomic mass is 16.6. The number of hydrogen-bond acceptors (Lipinski definition) is 6. The summed E-state index contributed by atoms with van der Waals surface area (Å²) in [5, 5.41) is 12.6. The molecule has 28 heavy (non-hydrogen) atoms. The average molecular weight is 374 g/mol. The summed E-state index contributed by atoms with van der Waals surface area (Å²) in [6.07, 6.45) is 4.49.